The summed E-state index contributed by atoms with van der Waals surface area (Å²) in [7, 11) is -3.33. The summed E-state index contributed by atoms with van der Waals surface area (Å²) < 4.78 is 38.0. The molecule has 1 fully saturated rings. The van der Waals surface area contributed by atoms with E-state index in [-0.39, 0.29) is 17.9 Å². The highest BCUT2D eigenvalue weighted by Crippen LogP contribution is 2.31. The number of sulfone groups is 1. The van der Waals surface area contributed by atoms with E-state index < -0.39 is 32.9 Å². The van der Waals surface area contributed by atoms with Crippen molar-refractivity contribution in [1.82, 2.24) is 0 Å². The van der Waals surface area contributed by atoms with Gasteiger partial charge in [-0.05, 0) is 24.5 Å². The number of halogens is 1. The zero-order valence-corrected chi connectivity index (χ0v) is 12.0. The average molecular weight is 301 g/mol. The van der Waals surface area contributed by atoms with Crippen molar-refractivity contribution < 1.29 is 17.9 Å². The Hall–Kier alpha value is -0.980. The van der Waals surface area contributed by atoms with Crippen LogP contribution in [0.2, 0.25) is 0 Å². The number of nitrogens with two attached hydrogens (primary N) is 1. The molecule has 1 aliphatic heterocycles. The van der Waals surface area contributed by atoms with Gasteiger partial charge in [0.05, 0.1) is 17.1 Å². The lowest BCUT2D eigenvalue weighted by atomic mass is 9.89. The minimum absolute atomic E-state index is 0.00806. The molecule has 1 aromatic rings. The van der Waals surface area contributed by atoms with Crippen LogP contribution in [-0.4, -0.2) is 37.2 Å². The summed E-state index contributed by atoms with van der Waals surface area (Å²) in [6.45, 7) is 0.00806. The zero-order chi connectivity index (χ0) is 14.8. The average Bonchev–Trinajstić information content (AvgIpc) is 2.41. The molecule has 0 saturated carbocycles. The van der Waals surface area contributed by atoms with Crippen LogP contribution in [0.5, 0.6) is 0 Å². The summed E-state index contributed by atoms with van der Waals surface area (Å²) in [5.74, 6) is -1.08. The van der Waals surface area contributed by atoms with Gasteiger partial charge in [-0.1, -0.05) is 24.6 Å². The molecule has 1 saturated heterocycles. The lowest BCUT2D eigenvalue weighted by Gasteiger charge is -2.31. The highest BCUT2D eigenvalue weighted by molar-refractivity contribution is 7.92. The molecule has 2 rings (SSSR count). The van der Waals surface area contributed by atoms with Crippen molar-refractivity contribution in [3.8, 4) is 0 Å². The maximum atomic E-state index is 13.8. The molecule has 6 heteroatoms. The van der Waals surface area contributed by atoms with Crippen molar-refractivity contribution in [3.63, 3.8) is 0 Å². The molecular formula is C14H20FNO3S. The number of aliphatic hydroxyl groups excluding tert-OH is 1. The summed E-state index contributed by atoms with van der Waals surface area (Å²) in [6.07, 6.45) is 0.630. The lowest BCUT2D eigenvalue weighted by molar-refractivity contribution is 0.132. The molecule has 20 heavy (non-hydrogen) atoms. The van der Waals surface area contributed by atoms with Crippen LogP contribution < -0.4 is 5.73 Å². The molecule has 0 spiro atoms. The molecule has 1 aromatic carbocycles. The Labute approximate surface area is 118 Å². The monoisotopic (exact) mass is 301 g/mol. The first-order valence-corrected chi connectivity index (χ1v) is 8.53. The van der Waals surface area contributed by atoms with Gasteiger partial charge in [0.2, 0.25) is 0 Å². The number of aliphatic hydroxyl groups is 1. The van der Waals surface area contributed by atoms with E-state index in [2.05, 4.69) is 0 Å². The molecule has 3 atom stereocenters. The smallest absolute Gasteiger partial charge is 0.155 e. The molecular weight excluding hydrogens is 281 g/mol. The Bertz CT molecular complexity index is 561. The normalized spacial score (nSPS) is 25.1. The maximum Gasteiger partial charge on any atom is 0.155 e. The van der Waals surface area contributed by atoms with Gasteiger partial charge in [-0.25, -0.2) is 12.8 Å². The number of hydrogen-bond donors (Lipinski definition) is 2. The van der Waals surface area contributed by atoms with Gasteiger partial charge in [-0.2, -0.15) is 0 Å². The van der Waals surface area contributed by atoms with Gasteiger partial charge in [0.15, 0.2) is 9.84 Å². The minimum atomic E-state index is -3.33. The van der Waals surface area contributed by atoms with E-state index in [0.29, 0.717) is 12.8 Å². The lowest BCUT2D eigenvalue weighted by Crippen LogP contribution is -2.43. The molecule has 112 valence electrons. The van der Waals surface area contributed by atoms with Crippen molar-refractivity contribution in [1.29, 1.82) is 0 Å². The fourth-order valence-corrected chi connectivity index (χ4v) is 4.90. The number of benzene rings is 1. The molecule has 0 aliphatic carbocycles. The van der Waals surface area contributed by atoms with Crippen LogP contribution in [0.1, 0.15) is 30.7 Å². The van der Waals surface area contributed by atoms with Crippen LogP contribution in [0.25, 0.3) is 0 Å². The molecule has 0 aromatic heterocycles. The summed E-state index contributed by atoms with van der Waals surface area (Å²) in [4.78, 5) is 0. The zero-order valence-electron chi connectivity index (χ0n) is 11.2. The van der Waals surface area contributed by atoms with Gasteiger partial charge in [-0.3, -0.25) is 0 Å². The fraction of sp³-hybridized carbons (Fsp3) is 0.571. The van der Waals surface area contributed by atoms with Crippen molar-refractivity contribution in [2.24, 2.45) is 5.73 Å². The molecule has 1 aliphatic rings. The highest BCUT2D eigenvalue weighted by atomic mass is 32.2. The first-order chi connectivity index (χ1) is 9.47. The second kappa shape index (κ2) is 6.20. The van der Waals surface area contributed by atoms with E-state index in [1.165, 1.54) is 6.07 Å². The van der Waals surface area contributed by atoms with Crippen molar-refractivity contribution in [3.05, 3.63) is 35.6 Å². The molecule has 1 heterocycles. The molecule has 4 nitrogen and oxygen atoms in total. The van der Waals surface area contributed by atoms with Crippen LogP contribution in [-0.2, 0) is 9.84 Å². The third-order valence-electron chi connectivity index (χ3n) is 3.98. The topological polar surface area (TPSA) is 80.4 Å². The number of hydrogen-bond acceptors (Lipinski definition) is 4. The third-order valence-corrected chi connectivity index (χ3v) is 6.28. The first-order valence-electron chi connectivity index (χ1n) is 6.81. The van der Waals surface area contributed by atoms with Crippen LogP contribution >= 0.6 is 0 Å². The Morgan fingerprint density at radius 1 is 1.35 bits per heavy atom. The van der Waals surface area contributed by atoms with E-state index in [4.69, 9.17) is 5.73 Å². The summed E-state index contributed by atoms with van der Waals surface area (Å²) in [6, 6.07) is 6.05. The SMILES string of the molecule is NCC(c1ccccc1F)C(O)C1CCCCS1(=O)=O. The second-order valence-electron chi connectivity index (χ2n) is 5.26. The molecule has 3 N–H and O–H groups in total. The van der Waals surface area contributed by atoms with Gasteiger partial charge in [-0.15, -0.1) is 0 Å². The third kappa shape index (κ3) is 3.02. The number of rotatable bonds is 4. The first kappa shape index (κ1) is 15.4. The van der Waals surface area contributed by atoms with E-state index >= 15 is 0 Å². The molecule has 0 amide bonds. The maximum absolute atomic E-state index is 13.8. The van der Waals surface area contributed by atoms with E-state index in [9.17, 15) is 17.9 Å². The van der Waals surface area contributed by atoms with Crippen LogP contribution in [0.3, 0.4) is 0 Å². The quantitative estimate of drug-likeness (QED) is 0.875. The van der Waals surface area contributed by atoms with Gasteiger partial charge >= 0.3 is 0 Å². The van der Waals surface area contributed by atoms with Crippen molar-refractivity contribution >= 4 is 9.84 Å². The Morgan fingerprint density at radius 2 is 2.05 bits per heavy atom. The second-order valence-corrected chi connectivity index (χ2v) is 7.59. The van der Waals surface area contributed by atoms with Crippen molar-refractivity contribution in [2.75, 3.05) is 12.3 Å². The minimum Gasteiger partial charge on any atom is -0.391 e. The van der Waals surface area contributed by atoms with Gasteiger partial charge in [0, 0.05) is 12.5 Å². The Balaban J connectivity index is 2.30. The summed E-state index contributed by atoms with van der Waals surface area (Å²) in [5, 5.41) is 9.58. The molecule has 3 unspecified atom stereocenters. The molecule has 0 bridgehead atoms. The van der Waals surface area contributed by atoms with Gasteiger partial charge in [0.25, 0.3) is 0 Å². The predicted octanol–water partition coefficient (Wildman–Crippen LogP) is 1.20. The van der Waals surface area contributed by atoms with Crippen LogP contribution in [0, 0.1) is 5.82 Å². The van der Waals surface area contributed by atoms with E-state index in [0.717, 1.165) is 6.42 Å². The van der Waals surface area contributed by atoms with Crippen LogP contribution in [0.15, 0.2) is 24.3 Å². The Kier molecular flexibility index (Phi) is 4.78. The predicted molar refractivity (Wildman–Crippen MR) is 75.6 cm³/mol. The van der Waals surface area contributed by atoms with Crippen LogP contribution in [0.4, 0.5) is 4.39 Å². The van der Waals surface area contributed by atoms with E-state index in [1.54, 1.807) is 18.2 Å². The summed E-state index contributed by atoms with van der Waals surface area (Å²) >= 11 is 0. The van der Waals surface area contributed by atoms with E-state index in [1.807, 2.05) is 0 Å². The fourth-order valence-electron chi connectivity index (χ4n) is 2.85. The van der Waals surface area contributed by atoms with Crippen molar-refractivity contribution in [2.45, 2.75) is 36.5 Å². The molecule has 0 radical (unpaired) electrons. The highest BCUT2D eigenvalue weighted by Gasteiger charge is 2.39. The standard InChI is InChI=1S/C14H20FNO3S/c15-12-6-2-1-5-10(12)11(9-16)14(17)13-7-3-4-8-20(13,18)19/h1-2,5-6,11,13-14,17H,3-4,7-9,16H2. The largest absolute Gasteiger partial charge is 0.391 e. The van der Waals surface area contributed by atoms with Gasteiger partial charge in [0.1, 0.15) is 5.82 Å². The summed E-state index contributed by atoms with van der Waals surface area (Å²) in [5.41, 5.74) is 5.93. The van der Waals surface area contributed by atoms with Gasteiger partial charge < -0.3 is 10.8 Å². The Morgan fingerprint density at radius 3 is 2.65 bits per heavy atom.